The summed E-state index contributed by atoms with van der Waals surface area (Å²) in [6, 6.07) is 5.45. The molecule has 10 heteroatoms. The summed E-state index contributed by atoms with van der Waals surface area (Å²) >= 11 is 5.91. The van der Waals surface area contributed by atoms with Crippen molar-refractivity contribution in [2.45, 2.75) is 19.4 Å². The molecule has 1 fully saturated rings. The standard InChI is InChI=1S/C15H18ClN3O5S/c1-9(17-15(22)11-4-2-3-5-12(11)16)13(20)18-19-14(21)10-6-7-25(23,24)8-10/h2-5,9-10H,6-8H2,1H3,(H,17,22)(H,18,20)(H,19,21)/t9-,10+/m0/s1. The molecular weight excluding hydrogens is 370 g/mol. The Morgan fingerprint density at radius 2 is 1.88 bits per heavy atom. The molecule has 0 saturated carbocycles. The minimum atomic E-state index is -3.19. The van der Waals surface area contributed by atoms with E-state index in [1.165, 1.54) is 13.0 Å². The number of hydrazine groups is 1. The second-order valence-corrected chi connectivity index (χ2v) is 8.39. The largest absolute Gasteiger partial charge is 0.340 e. The molecule has 8 nitrogen and oxygen atoms in total. The lowest BCUT2D eigenvalue weighted by atomic mass is 10.1. The Balaban J connectivity index is 1.83. The van der Waals surface area contributed by atoms with Gasteiger partial charge in [0.05, 0.1) is 28.0 Å². The molecule has 2 atom stereocenters. The average Bonchev–Trinajstić information content (AvgIpc) is 2.92. The van der Waals surface area contributed by atoms with E-state index >= 15 is 0 Å². The van der Waals surface area contributed by atoms with Crippen LogP contribution in [-0.2, 0) is 19.4 Å². The number of benzene rings is 1. The molecule has 1 saturated heterocycles. The van der Waals surface area contributed by atoms with Crippen LogP contribution in [0.3, 0.4) is 0 Å². The molecule has 0 unspecified atom stereocenters. The summed E-state index contributed by atoms with van der Waals surface area (Å²) in [7, 11) is -3.19. The summed E-state index contributed by atoms with van der Waals surface area (Å²) < 4.78 is 22.7. The normalized spacial score (nSPS) is 19.7. The molecule has 1 aliphatic rings. The smallest absolute Gasteiger partial charge is 0.260 e. The third-order valence-corrected chi connectivity index (χ3v) is 5.87. The molecule has 25 heavy (non-hydrogen) atoms. The molecule has 0 bridgehead atoms. The monoisotopic (exact) mass is 387 g/mol. The van der Waals surface area contributed by atoms with Crippen LogP contribution in [0.4, 0.5) is 0 Å². The highest BCUT2D eigenvalue weighted by Crippen LogP contribution is 2.18. The molecule has 0 aromatic heterocycles. The topological polar surface area (TPSA) is 121 Å². The van der Waals surface area contributed by atoms with Crippen LogP contribution in [-0.4, -0.2) is 43.7 Å². The number of nitrogens with one attached hydrogen (secondary N) is 3. The van der Waals surface area contributed by atoms with Gasteiger partial charge in [0.25, 0.3) is 11.8 Å². The van der Waals surface area contributed by atoms with E-state index < -0.39 is 39.5 Å². The van der Waals surface area contributed by atoms with Gasteiger partial charge in [0.1, 0.15) is 6.04 Å². The van der Waals surface area contributed by atoms with E-state index in [4.69, 9.17) is 11.6 Å². The predicted octanol–water partition coefficient (Wildman–Crippen LogP) is 0.0404. The SMILES string of the molecule is C[C@H](NC(=O)c1ccccc1Cl)C(=O)NNC(=O)[C@@H]1CCS(=O)(=O)C1. The molecule has 0 aliphatic carbocycles. The maximum absolute atomic E-state index is 12.1. The zero-order chi connectivity index (χ0) is 18.6. The fourth-order valence-electron chi connectivity index (χ4n) is 2.32. The van der Waals surface area contributed by atoms with Gasteiger partial charge in [-0.2, -0.15) is 0 Å². The quantitative estimate of drug-likeness (QED) is 0.630. The third kappa shape index (κ3) is 5.17. The maximum atomic E-state index is 12.1. The Labute approximate surface area is 150 Å². The van der Waals surface area contributed by atoms with Crippen LogP contribution in [0.15, 0.2) is 24.3 Å². The second kappa shape index (κ2) is 7.83. The van der Waals surface area contributed by atoms with E-state index in [0.717, 1.165) is 0 Å². The van der Waals surface area contributed by atoms with Crippen molar-refractivity contribution in [1.29, 1.82) is 0 Å². The van der Waals surface area contributed by atoms with Crippen molar-refractivity contribution in [3.05, 3.63) is 34.9 Å². The Bertz CT molecular complexity index is 796. The first-order valence-electron chi connectivity index (χ1n) is 7.55. The van der Waals surface area contributed by atoms with Gasteiger partial charge in [-0.05, 0) is 25.5 Å². The van der Waals surface area contributed by atoms with Gasteiger partial charge in [-0.25, -0.2) is 8.42 Å². The zero-order valence-corrected chi connectivity index (χ0v) is 15.0. The minimum Gasteiger partial charge on any atom is -0.340 e. The van der Waals surface area contributed by atoms with E-state index in [1.54, 1.807) is 18.2 Å². The fourth-order valence-corrected chi connectivity index (χ4v) is 4.28. The Hall–Kier alpha value is -2.13. The van der Waals surface area contributed by atoms with E-state index in [-0.39, 0.29) is 28.5 Å². The van der Waals surface area contributed by atoms with Crippen LogP contribution in [0.2, 0.25) is 5.02 Å². The molecule has 3 amide bonds. The first-order valence-corrected chi connectivity index (χ1v) is 9.75. The van der Waals surface area contributed by atoms with Gasteiger partial charge in [-0.3, -0.25) is 25.2 Å². The van der Waals surface area contributed by atoms with Gasteiger partial charge in [0, 0.05) is 0 Å². The van der Waals surface area contributed by atoms with Crippen LogP contribution in [0.25, 0.3) is 0 Å². The van der Waals surface area contributed by atoms with Gasteiger partial charge in [-0.1, -0.05) is 23.7 Å². The van der Waals surface area contributed by atoms with E-state index in [9.17, 15) is 22.8 Å². The van der Waals surface area contributed by atoms with Crippen molar-refractivity contribution in [2.24, 2.45) is 5.92 Å². The van der Waals surface area contributed by atoms with Gasteiger partial charge in [0.2, 0.25) is 5.91 Å². The average molecular weight is 388 g/mol. The van der Waals surface area contributed by atoms with Crippen molar-refractivity contribution in [3.63, 3.8) is 0 Å². The molecule has 136 valence electrons. The highest BCUT2D eigenvalue weighted by atomic mass is 35.5. The number of hydrogen-bond donors (Lipinski definition) is 3. The highest BCUT2D eigenvalue weighted by molar-refractivity contribution is 7.91. The summed E-state index contributed by atoms with van der Waals surface area (Å²) in [5.74, 6) is -2.69. The van der Waals surface area contributed by atoms with Crippen LogP contribution in [0, 0.1) is 5.92 Å². The Kier molecular flexibility index (Phi) is 6.02. The molecular formula is C15H18ClN3O5S. The predicted molar refractivity (Wildman–Crippen MR) is 91.4 cm³/mol. The third-order valence-electron chi connectivity index (χ3n) is 3.77. The van der Waals surface area contributed by atoms with Gasteiger partial charge < -0.3 is 5.32 Å². The van der Waals surface area contributed by atoms with Crippen LogP contribution >= 0.6 is 11.6 Å². The number of rotatable bonds is 4. The highest BCUT2D eigenvalue weighted by Gasteiger charge is 2.33. The molecule has 0 radical (unpaired) electrons. The lowest BCUT2D eigenvalue weighted by molar-refractivity contribution is -0.131. The van der Waals surface area contributed by atoms with Crippen LogP contribution < -0.4 is 16.2 Å². The van der Waals surface area contributed by atoms with Crippen molar-refractivity contribution < 1.29 is 22.8 Å². The van der Waals surface area contributed by atoms with Crippen molar-refractivity contribution in [3.8, 4) is 0 Å². The van der Waals surface area contributed by atoms with Crippen molar-refractivity contribution in [1.82, 2.24) is 16.2 Å². The number of amides is 3. The molecule has 1 aromatic rings. The van der Waals surface area contributed by atoms with Gasteiger partial charge >= 0.3 is 0 Å². The second-order valence-electron chi connectivity index (χ2n) is 5.75. The summed E-state index contributed by atoms with van der Waals surface area (Å²) in [6.07, 6.45) is 0.225. The Morgan fingerprint density at radius 1 is 1.20 bits per heavy atom. The molecule has 0 spiro atoms. The zero-order valence-electron chi connectivity index (χ0n) is 13.4. The molecule has 1 heterocycles. The van der Waals surface area contributed by atoms with E-state index in [0.29, 0.717) is 0 Å². The van der Waals surface area contributed by atoms with Crippen LogP contribution in [0.1, 0.15) is 23.7 Å². The molecule has 1 aliphatic heterocycles. The Morgan fingerprint density at radius 3 is 2.48 bits per heavy atom. The maximum Gasteiger partial charge on any atom is 0.260 e. The summed E-state index contributed by atoms with van der Waals surface area (Å²) in [6.45, 7) is 1.44. The van der Waals surface area contributed by atoms with Crippen molar-refractivity contribution in [2.75, 3.05) is 11.5 Å². The fraction of sp³-hybridized carbons (Fsp3) is 0.400. The number of halogens is 1. The lowest BCUT2D eigenvalue weighted by Crippen LogP contribution is -2.52. The van der Waals surface area contributed by atoms with E-state index in [2.05, 4.69) is 16.2 Å². The lowest BCUT2D eigenvalue weighted by Gasteiger charge is -2.16. The number of carbonyl (C=O) groups is 3. The van der Waals surface area contributed by atoms with Crippen molar-refractivity contribution >= 4 is 39.2 Å². The van der Waals surface area contributed by atoms with Gasteiger partial charge in [-0.15, -0.1) is 0 Å². The summed E-state index contributed by atoms with van der Waals surface area (Å²) in [5.41, 5.74) is 4.59. The molecule has 2 rings (SSSR count). The first-order chi connectivity index (χ1) is 11.7. The number of hydrogen-bond acceptors (Lipinski definition) is 5. The summed E-state index contributed by atoms with van der Waals surface area (Å²) in [4.78, 5) is 35.9. The van der Waals surface area contributed by atoms with E-state index in [1.807, 2.05) is 0 Å². The molecule has 3 N–H and O–H groups in total. The van der Waals surface area contributed by atoms with Crippen LogP contribution in [0.5, 0.6) is 0 Å². The number of sulfone groups is 1. The summed E-state index contributed by atoms with van der Waals surface area (Å²) in [5, 5.41) is 2.71. The van der Waals surface area contributed by atoms with Gasteiger partial charge in [0.15, 0.2) is 9.84 Å². The minimum absolute atomic E-state index is 0.0384. The first kappa shape index (κ1) is 19.2. The molecule has 1 aromatic carbocycles. The number of carbonyl (C=O) groups excluding carboxylic acids is 3.